The average molecular weight is 512 g/mol. The van der Waals surface area contributed by atoms with Crippen LogP contribution in [0.2, 0.25) is 0 Å². The molecule has 0 saturated heterocycles. The van der Waals surface area contributed by atoms with Crippen LogP contribution in [-0.2, 0) is 0 Å². The highest BCUT2D eigenvalue weighted by Crippen LogP contribution is 2.46. The second-order valence-corrected chi connectivity index (χ2v) is 10.2. The minimum Gasteiger partial charge on any atom is -0.455 e. The topological polar surface area (TPSA) is 16.4 Å². The molecule has 0 aliphatic rings. The molecule has 8 rings (SSSR count). The molecule has 188 valence electrons. The highest BCUT2D eigenvalue weighted by molar-refractivity contribution is 6.22. The van der Waals surface area contributed by atoms with Crippen LogP contribution < -0.4 is 4.90 Å². The van der Waals surface area contributed by atoms with Crippen LogP contribution >= 0.6 is 0 Å². The molecule has 0 N–H and O–H groups in total. The Morgan fingerprint density at radius 1 is 0.450 bits per heavy atom. The number of rotatable bonds is 4. The van der Waals surface area contributed by atoms with Crippen LogP contribution in [0.15, 0.2) is 156 Å². The summed E-state index contributed by atoms with van der Waals surface area (Å²) in [5.74, 6) is 0. The molecule has 8 aromatic rings. The van der Waals surface area contributed by atoms with Crippen molar-refractivity contribution in [1.82, 2.24) is 0 Å². The average Bonchev–Trinajstić information content (AvgIpc) is 3.41. The van der Waals surface area contributed by atoms with Crippen LogP contribution in [0.3, 0.4) is 0 Å². The maximum absolute atomic E-state index is 6.66. The van der Waals surface area contributed by atoms with Gasteiger partial charge >= 0.3 is 0 Å². The number of benzene rings is 7. The van der Waals surface area contributed by atoms with Crippen molar-refractivity contribution in [2.45, 2.75) is 0 Å². The molecule has 2 nitrogen and oxygen atoms in total. The van der Waals surface area contributed by atoms with E-state index in [-0.39, 0.29) is 0 Å². The number of fused-ring (bicyclic) bond motifs is 6. The molecule has 0 fully saturated rings. The van der Waals surface area contributed by atoms with Gasteiger partial charge in [0.25, 0.3) is 0 Å². The lowest BCUT2D eigenvalue weighted by atomic mass is 9.93. The lowest BCUT2D eigenvalue weighted by molar-refractivity contribution is 0.672. The molecular formula is C38H25NO. The van der Waals surface area contributed by atoms with Crippen molar-refractivity contribution in [2.24, 2.45) is 0 Å². The van der Waals surface area contributed by atoms with E-state index >= 15 is 0 Å². The zero-order valence-corrected chi connectivity index (χ0v) is 21.8. The van der Waals surface area contributed by atoms with Crippen LogP contribution in [0.5, 0.6) is 0 Å². The van der Waals surface area contributed by atoms with Gasteiger partial charge < -0.3 is 9.32 Å². The van der Waals surface area contributed by atoms with Crippen molar-refractivity contribution < 1.29 is 4.42 Å². The highest BCUT2D eigenvalue weighted by Gasteiger charge is 2.21. The first-order valence-electron chi connectivity index (χ1n) is 13.6. The summed E-state index contributed by atoms with van der Waals surface area (Å²) in [5, 5.41) is 7.02. The normalized spacial score (nSPS) is 11.5. The summed E-state index contributed by atoms with van der Waals surface area (Å²) in [6.45, 7) is 0. The van der Waals surface area contributed by atoms with E-state index < -0.39 is 0 Å². The van der Waals surface area contributed by atoms with Gasteiger partial charge in [-0.25, -0.2) is 0 Å². The third-order valence-electron chi connectivity index (χ3n) is 7.81. The molecule has 1 aromatic heterocycles. The van der Waals surface area contributed by atoms with Crippen molar-refractivity contribution >= 4 is 60.5 Å². The Morgan fingerprint density at radius 2 is 1.10 bits per heavy atom. The van der Waals surface area contributed by atoms with E-state index in [1.807, 2.05) is 0 Å². The second-order valence-electron chi connectivity index (χ2n) is 10.2. The van der Waals surface area contributed by atoms with Gasteiger partial charge in [-0.05, 0) is 75.8 Å². The summed E-state index contributed by atoms with van der Waals surface area (Å²) in [6.07, 6.45) is 0. The fourth-order valence-corrected chi connectivity index (χ4v) is 5.99. The molecule has 0 unspecified atom stereocenters. The number of para-hydroxylation sites is 2. The molecule has 0 saturated carbocycles. The van der Waals surface area contributed by atoms with Crippen LogP contribution in [0.1, 0.15) is 0 Å². The third-order valence-corrected chi connectivity index (χ3v) is 7.81. The number of anilines is 3. The molecule has 0 radical (unpaired) electrons. The monoisotopic (exact) mass is 511 g/mol. The molecule has 2 heteroatoms. The number of hydrogen-bond donors (Lipinski definition) is 0. The molecule has 40 heavy (non-hydrogen) atoms. The lowest BCUT2D eigenvalue weighted by Gasteiger charge is -2.26. The van der Waals surface area contributed by atoms with Gasteiger partial charge in [0.15, 0.2) is 0 Å². The zero-order chi connectivity index (χ0) is 26.5. The van der Waals surface area contributed by atoms with Crippen LogP contribution in [-0.4, -0.2) is 0 Å². The Bertz CT molecular complexity index is 2120. The van der Waals surface area contributed by atoms with Crippen molar-refractivity contribution in [3.63, 3.8) is 0 Å². The number of furan rings is 1. The summed E-state index contributed by atoms with van der Waals surface area (Å²) < 4.78 is 6.66. The Balaban J connectivity index is 1.47. The van der Waals surface area contributed by atoms with Crippen molar-refractivity contribution in [3.05, 3.63) is 152 Å². The van der Waals surface area contributed by atoms with Crippen LogP contribution in [0, 0.1) is 0 Å². The van der Waals surface area contributed by atoms with E-state index in [4.69, 9.17) is 4.42 Å². The third kappa shape index (κ3) is 3.58. The molecule has 0 spiro atoms. The van der Waals surface area contributed by atoms with E-state index in [2.05, 4.69) is 157 Å². The minimum atomic E-state index is 0.880. The molecular weight excluding hydrogens is 486 g/mol. The van der Waals surface area contributed by atoms with Gasteiger partial charge in [0.05, 0.1) is 11.1 Å². The summed E-state index contributed by atoms with van der Waals surface area (Å²) >= 11 is 0. The van der Waals surface area contributed by atoms with Crippen LogP contribution in [0.25, 0.3) is 54.6 Å². The molecule has 1 heterocycles. The maximum Gasteiger partial charge on any atom is 0.143 e. The predicted octanol–water partition coefficient (Wildman–Crippen LogP) is 11.0. The zero-order valence-electron chi connectivity index (χ0n) is 21.8. The second kappa shape index (κ2) is 9.14. The lowest BCUT2D eigenvalue weighted by Crippen LogP contribution is -2.09. The van der Waals surface area contributed by atoms with Gasteiger partial charge in [-0.3, -0.25) is 0 Å². The van der Waals surface area contributed by atoms with Crippen molar-refractivity contribution in [2.75, 3.05) is 4.90 Å². The Hall–Kier alpha value is -5.34. The van der Waals surface area contributed by atoms with Crippen molar-refractivity contribution in [3.8, 4) is 11.1 Å². The number of nitrogens with zero attached hydrogens (tertiary/aromatic N) is 1. The van der Waals surface area contributed by atoms with E-state index in [0.717, 1.165) is 44.4 Å². The van der Waals surface area contributed by atoms with Gasteiger partial charge in [0.1, 0.15) is 11.2 Å². The highest BCUT2D eigenvalue weighted by atomic mass is 16.3. The largest absolute Gasteiger partial charge is 0.455 e. The summed E-state index contributed by atoms with van der Waals surface area (Å²) in [5.41, 5.74) is 7.50. The van der Waals surface area contributed by atoms with Gasteiger partial charge in [-0.2, -0.15) is 0 Å². The summed E-state index contributed by atoms with van der Waals surface area (Å²) in [6, 6.07) is 53.7. The standard InChI is InChI=1S/C38H25NO/c1-3-14-29(15-4-1)39(30-16-5-2-6-17-30)35-20-11-21-36-37(35)34-25-33(31-18-9-10-19-32(31)38(34)40-36)28-23-22-26-12-7-8-13-27(26)24-28/h1-25H. The molecule has 0 bridgehead atoms. The Kier molecular flexibility index (Phi) is 5.17. The van der Waals surface area contributed by atoms with E-state index in [0.29, 0.717) is 0 Å². The van der Waals surface area contributed by atoms with Gasteiger partial charge in [-0.15, -0.1) is 0 Å². The summed E-state index contributed by atoms with van der Waals surface area (Å²) in [7, 11) is 0. The number of hydrogen-bond acceptors (Lipinski definition) is 2. The van der Waals surface area contributed by atoms with Crippen LogP contribution in [0.4, 0.5) is 17.1 Å². The quantitative estimate of drug-likeness (QED) is 0.234. The Labute approximate surface area is 232 Å². The molecule has 0 amide bonds. The fourth-order valence-electron chi connectivity index (χ4n) is 5.99. The van der Waals surface area contributed by atoms with Gasteiger partial charge in [0.2, 0.25) is 0 Å². The first-order chi connectivity index (χ1) is 19.8. The maximum atomic E-state index is 6.66. The van der Waals surface area contributed by atoms with E-state index in [1.54, 1.807) is 0 Å². The fraction of sp³-hybridized carbons (Fsp3) is 0. The first-order valence-corrected chi connectivity index (χ1v) is 13.6. The van der Waals surface area contributed by atoms with Gasteiger partial charge in [-0.1, -0.05) is 103 Å². The van der Waals surface area contributed by atoms with Crippen molar-refractivity contribution in [1.29, 1.82) is 0 Å². The molecule has 7 aromatic carbocycles. The smallest absolute Gasteiger partial charge is 0.143 e. The van der Waals surface area contributed by atoms with E-state index in [1.165, 1.54) is 27.3 Å². The first kappa shape index (κ1) is 22.6. The summed E-state index contributed by atoms with van der Waals surface area (Å²) in [4.78, 5) is 2.32. The van der Waals surface area contributed by atoms with Gasteiger partial charge in [0, 0.05) is 22.1 Å². The van der Waals surface area contributed by atoms with E-state index in [9.17, 15) is 0 Å². The predicted molar refractivity (Wildman–Crippen MR) is 169 cm³/mol. The molecule has 0 aliphatic carbocycles. The molecule has 0 atom stereocenters. The molecule has 0 aliphatic heterocycles. The Morgan fingerprint density at radius 3 is 1.85 bits per heavy atom. The SMILES string of the molecule is c1ccc(N(c2ccccc2)c2cccc3oc4c5ccccc5c(-c5ccc6ccccc6c5)cc4c23)cc1. The minimum absolute atomic E-state index is 0.880.